The van der Waals surface area contributed by atoms with Gasteiger partial charge in [0.1, 0.15) is 17.9 Å². The molecule has 0 radical (unpaired) electrons. The Morgan fingerprint density at radius 3 is 2.46 bits per heavy atom. The maximum Gasteiger partial charge on any atom is 0.410 e. The van der Waals surface area contributed by atoms with Crippen molar-refractivity contribution in [1.82, 2.24) is 9.80 Å². The van der Waals surface area contributed by atoms with Crippen molar-refractivity contribution < 1.29 is 27.9 Å². The van der Waals surface area contributed by atoms with Crippen molar-refractivity contribution in [3.8, 4) is 0 Å². The van der Waals surface area contributed by atoms with Crippen molar-refractivity contribution >= 4 is 29.3 Å². The minimum Gasteiger partial charge on any atom is -0.444 e. The van der Waals surface area contributed by atoms with Crippen LogP contribution in [-0.4, -0.2) is 64.3 Å². The molecule has 8 nitrogen and oxygen atoms in total. The second-order valence-electron chi connectivity index (χ2n) is 10.4. The van der Waals surface area contributed by atoms with Crippen LogP contribution in [0.4, 0.5) is 19.3 Å². The van der Waals surface area contributed by atoms with Crippen LogP contribution in [0.2, 0.25) is 0 Å². The van der Waals surface area contributed by atoms with Gasteiger partial charge >= 0.3 is 6.09 Å². The first kappa shape index (κ1) is 26.2. The van der Waals surface area contributed by atoms with Crippen LogP contribution >= 0.6 is 0 Å². The van der Waals surface area contributed by atoms with Crippen LogP contribution in [-0.2, 0) is 14.3 Å². The molecule has 1 fully saturated rings. The predicted octanol–water partition coefficient (Wildman–Crippen LogP) is 4.27. The largest absolute Gasteiger partial charge is 0.444 e. The average Bonchev–Trinajstić information content (AvgIpc) is 3.07. The van der Waals surface area contributed by atoms with Crippen molar-refractivity contribution in [3.05, 3.63) is 65.2 Å². The lowest BCUT2D eigenvalue weighted by molar-refractivity contribution is -0.134. The van der Waals surface area contributed by atoms with Gasteiger partial charge in [-0.15, -0.1) is 0 Å². The third-order valence-corrected chi connectivity index (χ3v) is 6.20. The highest BCUT2D eigenvalue weighted by Gasteiger charge is 2.51. The number of hydrogen-bond donors (Lipinski definition) is 1. The lowest BCUT2D eigenvalue weighted by Crippen LogP contribution is -2.59. The van der Waals surface area contributed by atoms with Crippen LogP contribution in [0.1, 0.15) is 44.7 Å². The number of likely N-dealkylation sites (tertiary alicyclic amines) is 1. The Morgan fingerprint density at radius 2 is 1.81 bits per heavy atom. The summed E-state index contributed by atoms with van der Waals surface area (Å²) >= 11 is 0. The van der Waals surface area contributed by atoms with E-state index in [1.54, 1.807) is 32.9 Å². The number of halogens is 2. The van der Waals surface area contributed by atoms with Crippen LogP contribution in [0.5, 0.6) is 0 Å². The lowest BCUT2D eigenvalue weighted by atomic mass is 9.97. The number of piperidine rings is 1. The summed E-state index contributed by atoms with van der Waals surface area (Å²) in [4.78, 5) is 47.1. The number of carbonyl (C=O) groups is 3. The monoisotopic (exact) mass is 512 g/mol. The van der Waals surface area contributed by atoms with Crippen molar-refractivity contribution in [3.63, 3.8) is 0 Å². The van der Waals surface area contributed by atoms with Gasteiger partial charge < -0.3 is 19.9 Å². The third-order valence-electron chi connectivity index (χ3n) is 6.20. The van der Waals surface area contributed by atoms with Gasteiger partial charge in [-0.05, 0) is 52.7 Å². The number of hydrogen-bond acceptors (Lipinski definition) is 5. The summed E-state index contributed by atoms with van der Waals surface area (Å²) in [5, 5.41) is 2.51. The number of aryl methyl sites for hydroxylation is 1. The zero-order valence-corrected chi connectivity index (χ0v) is 21.3. The Balaban J connectivity index is 1.63. The SMILES string of the molecule is Cc1ccc(C2=NC3(CCCN(C(=O)OC(C)(C)C)C3)N(CC(=O)Nc3ccc(F)c(F)c3)C2=O)cc1. The highest BCUT2D eigenvalue weighted by atomic mass is 19.2. The number of ether oxygens (including phenoxy) is 1. The first-order valence-corrected chi connectivity index (χ1v) is 12.1. The first-order chi connectivity index (χ1) is 17.4. The lowest BCUT2D eigenvalue weighted by Gasteiger charge is -2.43. The van der Waals surface area contributed by atoms with Gasteiger partial charge in [0.25, 0.3) is 5.91 Å². The van der Waals surface area contributed by atoms with E-state index in [0.717, 1.165) is 17.7 Å². The van der Waals surface area contributed by atoms with Gasteiger partial charge in [0.2, 0.25) is 5.91 Å². The molecule has 4 rings (SSSR count). The summed E-state index contributed by atoms with van der Waals surface area (Å²) in [6.45, 7) is 7.33. The molecule has 196 valence electrons. The molecule has 0 bridgehead atoms. The van der Waals surface area contributed by atoms with Gasteiger partial charge in [-0.1, -0.05) is 29.8 Å². The molecule has 0 aliphatic carbocycles. The van der Waals surface area contributed by atoms with Gasteiger partial charge in [0.15, 0.2) is 17.3 Å². The van der Waals surface area contributed by atoms with E-state index in [9.17, 15) is 23.2 Å². The van der Waals surface area contributed by atoms with Crippen molar-refractivity contribution in [2.45, 2.75) is 51.8 Å². The van der Waals surface area contributed by atoms with E-state index in [4.69, 9.17) is 9.73 Å². The zero-order chi connectivity index (χ0) is 27.0. The molecule has 1 unspecified atom stereocenters. The fourth-order valence-electron chi connectivity index (χ4n) is 4.48. The number of rotatable bonds is 4. The van der Waals surface area contributed by atoms with E-state index in [1.165, 1.54) is 15.9 Å². The van der Waals surface area contributed by atoms with E-state index in [2.05, 4.69) is 5.32 Å². The van der Waals surface area contributed by atoms with Crippen molar-refractivity contribution in [2.75, 3.05) is 25.0 Å². The smallest absolute Gasteiger partial charge is 0.410 e. The van der Waals surface area contributed by atoms with Gasteiger partial charge in [0, 0.05) is 23.9 Å². The van der Waals surface area contributed by atoms with Crippen LogP contribution in [0.25, 0.3) is 0 Å². The summed E-state index contributed by atoms with van der Waals surface area (Å²) in [6.07, 6.45) is 0.453. The quantitative estimate of drug-likeness (QED) is 0.663. The summed E-state index contributed by atoms with van der Waals surface area (Å²) in [5.41, 5.74) is 0.00892. The Morgan fingerprint density at radius 1 is 1.11 bits per heavy atom. The van der Waals surface area contributed by atoms with Crippen LogP contribution < -0.4 is 5.32 Å². The van der Waals surface area contributed by atoms with Gasteiger partial charge in [-0.25, -0.2) is 18.6 Å². The maximum atomic E-state index is 13.6. The minimum atomic E-state index is -1.17. The van der Waals surface area contributed by atoms with Crippen LogP contribution in [0.15, 0.2) is 47.5 Å². The summed E-state index contributed by atoms with van der Waals surface area (Å²) < 4.78 is 32.5. The van der Waals surface area contributed by atoms with E-state index in [1.807, 2.05) is 19.1 Å². The molecular formula is C27H30F2N4O4. The number of nitrogens with one attached hydrogen (secondary N) is 1. The zero-order valence-electron chi connectivity index (χ0n) is 21.3. The molecule has 1 saturated heterocycles. The second kappa shape index (κ2) is 9.91. The van der Waals surface area contributed by atoms with Gasteiger partial charge in [-0.2, -0.15) is 0 Å². The highest BCUT2D eigenvalue weighted by molar-refractivity contribution is 6.47. The Kier molecular flexibility index (Phi) is 7.03. The Hall–Kier alpha value is -3.82. The molecule has 2 aromatic carbocycles. The van der Waals surface area contributed by atoms with E-state index in [0.29, 0.717) is 24.9 Å². The molecule has 37 heavy (non-hydrogen) atoms. The Labute approximate surface area is 214 Å². The van der Waals surface area contributed by atoms with Gasteiger partial charge in [0.05, 0.1) is 6.54 Å². The molecule has 10 heteroatoms. The molecule has 1 spiro atoms. The van der Waals surface area contributed by atoms with Crippen molar-refractivity contribution in [2.24, 2.45) is 4.99 Å². The molecule has 1 N–H and O–H groups in total. The fourth-order valence-corrected chi connectivity index (χ4v) is 4.48. The molecule has 2 aromatic rings. The first-order valence-electron chi connectivity index (χ1n) is 12.1. The molecule has 2 aliphatic rings. The summed E-state index contributed by atoms with van der Waals surface area (Å²) in [7, 11) is 0. The van der Waals surface area contributed by atoms with Crippen LogP contribution in [0, 0.1) is 18.6 Å². The van der Waals surface area contributed by atoms with E-state index >= 15 is 0 Å². The van der Waals surface area contributed by atoms with Crippen LogP contribution in [0.3, 0.4) is 0 Å². The van der Waals surface area contributed by atoms with E-state index in [-0.39, 0.29) is 17.9 Å². The number of aliphatic imine (C=N–C) groups is 1. The number of amides is 3. The number of benzene rings is 2. The minimum absolute atomic E-state index is 0.0570. The molecule has 2 aliphatic heterocycles. The number of carbonyl (C=O) groups excluding carboxylic acids is 3. The fraction of sp³-hybridized carbons (Fsp3) is 0.407. The Bertz CT molecular complexity index is 1260. The highest BCUT2D eigenvalue weighted by Crippen LogP contribution is 2.36. The molecule has 0 aromatic heterocycles. The van der Waals surface area contributed by atoms with Gasteiger partial charge in [-0.3, -0.25) is 9.59 Å². The van der Waals surface area contributed by atoms with E-state index < -0.39 is 47.4 Å². The number of anilines is 1. The summed E-state index contributed by atoms with van der Waals surface area (Å²) in [5.74, 6) is -3.19. The molecule has 1 atom stereocenters. The molecular weight excluding hydrogens is 482 g/mol. The molecule has 3 amide bonds. The molecule has 0 saturated carbocycles. The normalized spacial score (nSPS) is 19.7. The third kappa shape index (κ3) is 5.79. The second-order valence-corrected chi connectivity index (χ2v) is 10.4. The van der Waals surface area contributed by atoms with Crippen molar-refractivity contribution in [1.29, 1.82) is 0 Å². The summed E-state index contributed by atoms with van der Waals surface area (Å²) in [6, 6.07) is 10.3. The maximum absolute atomic E-state index is 13.6. The predicted molar refractivity (Wildman–Crippen MR) is 134 cm³/mol. The average molecular weight is 513 g/mol. The number of nitrogens with zero attached hydrogens (tertiary/aromatic N) is 3. The standard InChI is InChI=1S/C27H30F2N4O4/c1-17-6-8-18(9-7-17)23-24(35)33(15-22(34)30-19-10-11-20(28)21(29)14-19)27(31-23)12-5-13-32(16-27)25(36)37-26(2,3)4/h6-11,14H,5,12-13,15-16H2,1-4H3,(H,30,34). The topological polar surface area (TPSA) is 91.3 Å². The molecule has 2 heterocycles.